The number of aliphatic hydroxyl groups excluding tert-OH is 3. The van der Waals surface area contributed by atoms with Crippen LogP contribution in [0.5, 0.6) is 0 Å². The molecule has 0 saturated heterocycles. The van der Waals surface area contributed by atoms with Gasteiger partial charge in [0.1, 0.15) is 5.82 Å². The molecule has 0 fully saturated rings. The van der Waals surface area contributed by atoms with Crippen LogP contribution in [0.15, 0.2) is 18.2 Å². The largest absolute Gasteiger partial charge is 0.479 e. The average molecular weight is 377 g/mol. The van der Waals surface area contributed by atoms with Crippen molar-refractivity contribution in [2.75, 3.05) is 0 Å². The topological polar surface area (TPSA) is 193 Å². The maximum Gasteiger partial charge on any atom is 0.335 e. The average Bonchev–Trinajstić information content (AvgIpc) is 2.51. The number of rotatable bonds is 3. The molecule has 148 valence electrons. The van der Waals surface area contributed by atoms with Gasteiger partial charge in [0.25, 0.3) is 0 Å². The highest BCUT2D eigenvalue weighted by Gasteiger charge is 2.36. The molecule has 26 heavy (non-hydrogen) atoms. The first kappa shape index (κ1) is 23.9. The molecule has 0 unspecified atom stereocenters. The number of nitrogens with two attached hydrogens (primary N) is 1. The van der Waals surface area contributed by atoms with Crippen molar-refractivity contribution in [3.8, 4) is 0 Å². The van der Waals surface area contributed by atoms with Crippen LogP contribution in [0.2, 0.25) is 0 Å². The fourth-order valence-corrected chi connectivity index (χ4v) is 2.66. The number of carboxylic acid groups (broad SMARTS) is 2. The van der Waals surface area contributed by atoms with Crippen LogP contribution in [0.25, 0.3) is 0 Å². The Hall–Kier alpha value is -2.11. The van der Waals surface area contributed by atoms with Gasteiger partial charge in [0.05, 0.1) is 12.1 Å². The van der Waals surface area contributed by atoms with E-state index in [9.17, 15) is 19.1 Å². The molecule has 2 rings (SSSR count). The third-order valence-corrected chi connectivity index (χ3v) is 4.04. The predicted octanol–water partition coefficient (Wildman–Crippen LogP) is -1.08. The second-order valence-electron chi connectivity index (χ2n) is 6.48. The number of aliphatic hydroxyl groups is 3. The lowest BCUT2D eigenvalue weighted by molar-refractivity contribution is -0.165. The van der Waals surface area contributed by atoms with Crippen LogP contribution in [-0.4, -0.2) is 61.3 Å². The summed E-state index contributed by atoms with van der Waals surface area (Å²) in [5, 5.41) is 42.3. The van der Waals surface area contributed by atoms with Gasteiger partial charge >= 0.3 is 11.9 Å². The van der Waals surface area contributed by atoms with Crippen LogP contribution < -0.4 is 5.73 Å². The van der Waals surface area contributed by atoms with Gasteiger partial charge in [-0.1, -0.05) is 19.9 Å². The van der Waals surface area contributed by atoms with E-state index < -0.39 is 36.3 Å². The minimum absolute atomic E-state index is 0. The van der Waals surface area contributed by atoms with E-state index in [1.807, 2.05) is 13.8 Å². The lowest BCUT2D eigenvalue weighted by atomic mass is 9.70. The molecule has 9 nitrogen and oxygen atoms in total. The van der Waals surface area contributed by atoms with Gasteiger partial charge < -0.3 is 36.7 Å². The highest BCUT2D eigenvalue weighted by atomic mass is 19.1. The van der Waals surface area contributed by atoms with Gasteiger partial charge in [0.15, 0.2) is 12.2 Å². The lowest BCUT2D eigenvalue weighted by Crippen LogP contribution is -2.39. The van der Waals surface area contributed by atoms with E-state index in [1.165, 1.54) is 12.1 Å². The summed E-state index contributed by atoms with van der Waals surface area (Å²) in [6, 6.07) is 4.19. The van der Waals surface area contributed by atoms with E-state index in [0.717, 1.165) is 11.1 Å². The fraction of sp³-hybridized carbons (Fsp3) is 0.500. The zero-order valence-electron chi connectivity index (χ0n) is 14.3. The van der Waals surface area contributed by atoms with Gasteiger partial charge in [-0.15, -0.1) is 0 Å². The van der Waals surface area contributed by atoms with Crippen molar-refractivity contribution in [1.29, 1.82) is 0 Å². The van der Waals surface area contributed by atoms with Crippen molar-refractivity contribution < 1.29 is 45.0 Å². The molecule has 1 aromatic carbocycles. The van der Waals surface area contributed by atoms with E-state index >= 15 is 0 Å². The molecule has 0 radical (unpaired) electrons. The Bertz CT molecular complexity index is 633. The molecule has 10 heteroatoms. The molecule has 9 N–H and O–H groups in total. The number of hydrogen-bond donors (Lipinski definition) is 6. The Balaban J connectivity index is 0.000000504. The molecule has 0 amide bonds. The van der Waals surface area contributed by atoms with Gasteiger partial charge in [0, 0.05) is 0 Å². The molecule has 0 spiro atoms. The van der Waals surface area contributed by atoms with Crippen molar-refractivity contribution in [2.45, 2.75) is 50.0 Å². The highest BCUT2D eigenvalue weighted by Crippen LogP contribution is 2.40. The Morgan fingerprint density at radius 2 is 1.65 bits per heavy atom. The standard InChI is InChI=1S/C12H16FNO.C4H6O6.H2O/c1-12(2)6-10(15)11(14)8-5-7(13)3-4-9(8)12;5-1(3(7)8)2(6)4(9)10;/h3-5,10-11,15H,6,14H2,1-2H3;1-2,5-6H,(H,7,8)(H,9,10);1H2/t10-,11-;1-,2-;/m01./s1. The summed E-state index contributed by atoms with van der Waals surface area (Å²) in [5.41, 5.74) is 7.50. The van der Waals surface area contributed by atoms with Crippen molar-refractivity contribution >= 4 is 11.9 Å². The van der Waals surface area contributed by atoms with Crippen molar-refractivity contribution in [3.63, 3.8) is 0 Å². The molecule has 4 atom stereocenters. The molecule has 0 aromatic heterocycles. The number of fused-ring (bicyclic) bond motifs is 1. The minimum atomic E-state index is -2.27. The van der Waals surface area contributed by atoms with Gasteiger partial charge in [-0.25, -0.2) is 14.0 Å². The monoisotopic (exact) mass is 377 g/mol. The first-order valence-corrected chi connectivity index (χ1v) is 7.43. The van der Waals surface area contributed by atoms with Crippen molar-refractivity contribution in [1.82, 2.24) is 0 Å². The second-order valence-corrected chi connectivity index (χ2v) is 6.48. The SMILES string of the molecule is CC1(C)C[C@H](O)[C@@H](N)c2cc(F)ccc21.O.O=C(O)[C@H](O)[C@@H](O)C(=O)O. The van der Waals surface area contributed by atoms with Crippen LogP contribution in [0, 0.1) is 5.82 Å². The second kappa shape index (κ2) is 9.01. The number of hydrogen-bond acceptors (Lipinski definition) is 6. The Kier molecular flexibility index (Phi) is 8.28. The zero-order valence-corrected chi connectivity index (χ0v) is 14.3. The van der Waals surface area contributed by atoms with Crippen LogP contribution in [0.4, 0.5) is 4.39 Å². The molecular formula is C16H24FNO8. The molecule has 0 heterocycles. The summed E-state index contributed by atoms with van der Waals surface area (Å²) >= 11 is 0. The highest BCUT2D eigenvalue weighted by molar-refractivity contribution is 5.83. The molecule has 1 aliphatic carbocycles. The molecule has 1 aromatic rings. The maximum absolute atomic E-state index is 13.1. The van der Waals surface area contributed by atoms with Crippen LogP contribution >= 0.6 is 0 Å². The molecule has 1 aliphatic rings. The van der Waals surface area contributed by atoms with E-state index in [-0.39, 0.29) is 16.7 Å². The smallest absolute Gasteiger partial charge is 0.335 e. The van der Waals surface area contributed by atoms with Crippen LogP contribution in [0.3, 0.4) is 0 Å². The first-order chi connectivity index (χ1) is 11.4. The van der Waals surface area contributed by atoms with Gasteiger partial charge in [0.2, 0.25) is 0 Å². The first-order valence-electron chi connectivity index (χ1n) is 7.43. The van der Waals surface area contributed by atoms with E-state index in [2.05, 4.69) is 0 Å². The van der Waals surface area contributed by atoms with Gasteiger partial charge in [-0.3, -0.25) is 0 Å². The Labute approximate surface area is 148 Å². The van der Waals surface area contributed by atoms with E-state index in [0.29, 0.717) is 6.42 Å². The van der Waals surface area contributed by atoms with E-state index in [1.54, 1.807) is 6.07 Å². The third-order valence-electron chi connectivity index (χ3n) is 4.04. The number of halogens is 1. The van der Waals surface area contributed by atoms with E-state index in [4.69, 9.17) is 26.2 Å². The third kappa shape index (κ3) is 5.44. The molecule has 0 aliphatic heterocycles. The Morgan fingerprint density at radius 3 is 2.08 bits per heavy atom. The maximum atomic E-state index is 13.1. The molecular weight excluding hydrogens is 353 g/mol. The number of carboxylic acids is 2. The summed E-state index contributed by atoms with van der Waals surface area (Å²) < 4.78 is 13.1. The number of carbonyl (C=O) groups is 2. The summed E-state index contributed by atoms with van der Waals surface area (Å²) in [4.78, 5) is 19.5. The molecule has 0 saturated carbocycles. The fourth-order valence-electron chi connectivity index (χ4n) is 2.66. The Morgan fingerprint density at radius 1 is 1.19 bits per heavy atom. The summed E-state index contributed by atoms with van der Waals surface area (Å²) in [5.74, 6) is -3.83. The quantitative estimate of drug-likeness (QED) is 0.383. The number of aliphatic carboxylic acids is 2. The normalized spacial score (nSPS) is 22.6. The summed E-state index contributed by atoms with van der Waals surface area (Å²) in [7, 11) is 0. The number of benzene rings is 1. The zero-order chi connectivity index (χ0) is 19.5. The summed E-state index contributed by atoms with van der Waals surface area (Å²) in [6.45, 7) is 4.08. The van der Waals surface area contributed by atoms with Crippen LogP contribution in [0.1, 0.15) is 37.4 Å². The van der Waals surface area contributed by atoms with Crippen molar-refractivity contribution in [3.05, 3.63) is 35.1 Å². The van der Waals surface area contributed by atoms with Gasteiger partial charge in [-0.05, 0) is 35.1 Å². The lowest BCUT2D eigenvalue weighted by Gasteiger charge is -2.38. The predicted molar refractivity (Wildman–Crippen MR) is 87.9 cm³/mol. The minimum Gasteiger partial charge on any atom is -0.479 e. The summed E-state index contributed by atoms with van der Waals surface area (Å²) in [6.07, 6.45) is -4.50. The van der Waals surface area contributed by atoms with Crippen LogP contribution in [-0.2, 0) is 15.0 Å². The van der Waals surface area contributed by atoms with Crippen molar-refractivity contribution in [2.24, 2.45) is 5.73 Å². The molecule has 0 bridgehead atoms. The van der Waals surface area contributed by atoms with Gasteiger partial charge in [-0.2, -0.15) is 0 Å².